The Labute approximate surface area is 177 Å². The normalized spacial score (nSPS) is 11.4. The molecule has 0 aliphatic carbocycles. The molecule has 0 spiro atoms. The number of hydrogen-bond acceptors (Lipinski definition) is 7. The molecule has 0 fully saturated rings. The molecule has 0 amide bonds. The van der Waals surface area contributed by atoms with E-state index in [9.17, 15) is 4.79 Å². The van der Waals surface area contributed by atoms with Gasteiger partial charge in [0.05, 0.1) is 34.6 Å². The lowest BCUT2D eigenvalue weighted by Gasteiger charge is -2.12. The molecule has 9 heteroatoms. The molecule has 4 aromatic rings. The first-order chi connectivity index (χ1) is 13.7. The first kappa shape index (κ1) is 19.4. The van der Waals surface area contributed by atoms with E-state index in [1.807, 2.05) is 29.6 Å². The van der Waals surface area contributed by atoms with Gasteiger partial charge in [0.15, 0.2) is 5.16 Å². The quantitative estimate of drug-likeness (QED) is 0.280. The van der Waals surface area contributed by atoms with Crippen LogP contribution in [0.15, 0.2) is 60.8 Å². The van der Waals surface area contributed by atoms with E-state index < -0.39 is 0 Å². The number of nitrogens with zero attached hydrogens (tertiary/aromatic N) is 3. The number of ether oxygens (including phenoxy) is 1. The van der Waals surface area contributed by atoms with Crippen LogP contribution in [0.2, 0.25) is 0 Å². The first-order valence-corrected chi connectivity index (χ1v) is 11.1. The van der Waals surface area contributed by atoms with Crippen molar-refractivity contribution in [1.29, 1.82) is 0 Å². The Kier molecular flexibility index (Phi) is 5.96. The molecule has 0 bridgehead atoms. The minimum atomic E-state index is -0.0784. The number of thiophene rings is 1. The lowest BCUT2D eigenvalue weighted by Crippen LogP contribution is -2.25. The Morgan fingerprint density at radius 3 is 3.00 bits per heavy atom. The minimum Gasteiger partial charge on any atom is -0.444 e. The molecule has 6 nitrogen and oxygen atoms in total. The van der Waals surface area contributed by atoms with Crippen LogP contribution in [0, 0.1) is 0 Å². The third-order valence-corrected chi connectivity index (χ3v) is 6.39. The molecule has 0 saturated heterocycles. The maximum atomic E-state index is 13.0. The van der Waals surface area contributed by atoms with Crippen molar-refractivity contribution < 1.29 is 9.15 Å². The Morgan fingerprint density at radius 1 is 1.32 bits per heavy atom. The standard InChI is InChI=1S/C19H16BrN3O3S2/c1-25-7-6-23-18(24)14-9-12(20)4-5-15(14)22-19(23)28-11-13-10-26-17(21-13)16-3-2-8-27-16/h2-5,8-10H,6-7,11H2,1H3. The highest BCUT2D eigenvalue weighted by Crippen LogP contribution is 2.27. The minimum absolute atomic E-state index is 0.0784. The number of halogens is 1. The molecule has 3 aromatic heterocycles. The Balaban J connectivity index is 1.63. The van der Waals surface area contributed by atoms with Gasteiger partial charge in [0.25, 0.3) is 5.56 Å². The van der Waals surface area contributed by atoms with Gasteiger partial charge in [0.2, 0.25) is 5.89 Å². The van der Waals surface area contributed by atoms with Crippen LogP contribution in [-0.4, -0.2) is 28.3 Å². The number of thioether (sulfide) groups is 1. The average Bonchev–Trinajstić information content (AvgIpc) is 3.38. The lowest BCUT2D eigenvalue weighted by atomic mass is 10.2. The van der Waals surface area contributed by atoms with Crippen LogP contribution in [-0.2, 0) is 17.0 Å². The summed E-state index contributed by atoms with van der Waals surface area (Å²) < 4.78 is 13.2. The summed E-state index contributed by atoms with van der Waals surface area (Å²) in [6.45, 7) is 0.869. The zero-order chi connectivity index (χ0) is 19.5. The molecule has 0 aliphatic rings. The number of hydrogen-bond donors (Lipinski definition) is 0. The van der Waals surface area contributed by atoms with Gasteiger partial charge in [-0.2, -0.15) is 0 Å². The summed E-state index contributed by atoms with van der Waals surface area (Å²) in [5.74, 6) is 1.16. The van der Waals surface area contributed by atoms with E-state index >= 15 is 0 Å². The molecule has 4 rings (SSSR count). The van der Waals surface area contributed by atoms with Crippen molar-refractivity contribution in [2.75, 3.05) is 13.7 Å². The van der Waals surface area contributed by atoms with Gasteiger partial charge in [-0.05, 0) is 29.6 Å². The van der Waals surface area contributed by atoms with E-state index in [-0.39, 0.29) is 5.56 Å². The fourth-order valence-corrected chi connectivity index (χ4v) is 4.61. The molecule has 28 heavy (non-hydrogen) atoms. The van der Waals surface area contributed by atoms with Crippen molar-refractivity contribution in [1.82, 2.24) is 14.5 Å². The smallest absolute Gasteiger partial charge is 0.262 e. The van der Waals surface area contributed by atoms with E-state index in [1.165, 1.54) is 11.8 Å². The van der Waals surface area contributed by atoms with Crippen molar-refractivity contribution >= 4 is 49.9 Å². The molecular formula is C19H16BrN3O3S2. The van der Waals surface area contributed by atoms with Crippen molar-refractivity contribution in [2.45, 2.75) is 17.5 Å². The summed E-state index contributed by atoms with van der Waals surface area (Å²) in [7, 11) is 1.62. The number of oxazole rings is 1. The van der Waals surface area contributed by atoms with E-state index in [1.54, 1.807) is 35.3 Å². The van der Waals surface area contributed by atoms with Crippen molar-refractivity contribution in [3.63, 3.8) is 0 Å². The van der Waals surface area contributed by atoms with Gasteiger partial charge in [-0.1, -0.05) is 33.8 Å². The summed E-state index contributed by atoms with van der Waals surface area (Å²) in [6.07, 6.45) is 1.65. The van der Waals surface area contributed by atoms with Gasteiger partial charge in [0.1, 0.15) is 6.26 Å². The fraction of sp³-hybridized carbons (Fsp3) is 0.211. The highest BCUT2D eigenvalue weighted by molar-refractivity contribution is 9.10. The molecule has 3 heterocycles. The van der Waals surface area contributed by atoms with Gasteiger partial charge in [-0.25, -0.2) is 9.97 Å². The molecule has 0 aliphatic heterocycles. The van der Waals surface area contributed by atoms with E-state index in [4.69, 9.17) is 14.1 Å². The van der Waals surface area contributed by atoms with Gasteiger partial charge >= 0.3 is 0 Å². The highest BCUT2D eigenvalue weighted by Gasteiger charge is 2.14. The maximum absolute atomic E-state index is 13.0. The second kappa shape index (κ2) is 8.60. The van der Waals surface area contributed by atoms with Gasteiger partial charge in [0, 0.05) is 17.3 Å². The zero-order valence-electron chi connectivity index (χ0n) is 14.9. The second-order valence-electron chi connectivity index (χ2n) is 5.92. The maximum Gasteiger partial charge on any atom is 0.262 e. The van der Waals surface area contributed by atoms with Crippen LogP contribution in [0.5, 0.6) is 0 Å². The lowest BCUT2D eigenvalue weighted by molar-refractivity contribution is 0.183. The van der Waals surface area contributed by atoms with Crippen LogP contribution < -0.4 is 5.56 Å². The topological polar surface area (TPSA) is 70.2 Å². The molecule has 0 unspecified atom stereocenters. The SMILES string of the molecule is COCCn1c(SCc2coc(-c3cccs3)n2)nc2ccc(Br)cc2c1=O. The van der Waals surface area contributed by atoms with Crippen molar-refractivity contribution in [2.24, 2.45) is 0 Å². The van der Waals surface area contributed by atoms with Crippen LogP contribution in [0.3, 0.4) is 0 Å². The number of methoxy groups -OCH3 is 1. The number of rotatable bonds is 7. The molecule has 0 N–H and O–H groups in total. The number of fused-ring (bicyclic) bond motifs is 1. The van der Waals surface area contributed by atoms with Crippen LogP contribution in [0.1, 0.15) is 5.69 Å². The Hall–Kier alpha value is -1.94. The van der Waals surface area contributed by atoms with Crippen LogP contribution in [0.4, 0.5) is 0 Å². The fourth-order valence-electron chi connectivity index (χ4n) is 2.69. The molecule has 0 radical (unpaired) electrons. The summed E-state index contributed by atoms with van der Waals surface area (Å²) in [5, 5.41) is 3.20. The Bertz CT molecular complexity index is 1160. The Morgan fingerprint density at radius 2 is 2.21 bits per heavy atom. The number of benzene rings is 1. The van der Waals surface area contributed by atoms with Crippen LogP contribution in [0.25, 0.3) is 21.7 Å². The molecular weight excluding hydrogens is 462 g/mol. The largest absolute Gasteiger partial charge is 0.444 e. The van der Waals surface area contributed by atoms with E-state index in [2.05, 4.69) is 20.9 Å². The van der Waals surface area contributed by atoms with Crippen molar-refractivity contribution in [3.8, 4) is 10.8 Å². The molecule has 0 atom stereocenters. The molecule has 0 saturated carbocycles. The summed E-state index contributed by atoms with van der Waals surface area (Å²) in [6, 6.07) is 9.46. The first-order valence-electron chi connectivity index (χ1n) is 8.46. The van der Waals surface area contributed by atoms with E-state index in [0.29, 0.717) is 40.9 Å². The monoisotopic (exact) mass is 477 g/mol. The van der Waals surface area contributed by atoms with Crippen LogP contribution >= 0.6 is 39.0 Å². The predicted octanol–water partition coefficient (Wildman–Crippen LogP) is 4.81. The summed E-state index contributed by atoms with van der Waals surface area (Å²) >= 11 is 6.46. The third kappa shape index (κ3) is 4.07. The summed E-state index contributed by atoms with van der Waals surface area (Å²) in [5.41, 5.74) is 1.39. The highest BCUT2D eigenvalue weighted by atomic mass is 79.9. The van der Waals surface area contributed by atoms with Gasteiger partial charge in [-0.15, -0.1) is 11.3 Å². The van der Waals surface area contributed by atoms with Gasteiger partial charge in [-0.3, -0.25) is 9.36 Å². The third-order valence-electron chi connectivity index (χ3n) is 4.03. The van der Waals surface area contributed by atoms with Gasteiger partial charge < -0.3 is 9.15 Å². The predicted molar refractivity (Wildman–Crippen MR) is 115 cm³/mol. The summed E-state index contributed by atoms with van der Waals surface area (Å²) in [4.78, 5) is 23.2. The molecule has 144 valence electrons. The second-order valence-corrected chi connectivity index (χ2v) is 8.72. The zero-order valence-corrected chi connectivity index (χ0v) is 18.1. The average molecular weight is 478 g/mol. The number of aromatic nitrogens is 3. The van der Waals surface area contributed by atoms with Crippen molar-refractivity contribution in [3.05, 3.63) is 62.5 Å². The van der Waals surface area contributed by atoms with E-state index in [0.717, 1.165) is 15.0 Å². The molecule has 1 aromatic carbocycles.